The number of halogens is 1. The second-order valence-corrected chi connectivity index (χ2v) is 3.10. The predicted molar refractivity (Wildman–Crippen MR) is 49.1 cm³/mol. The van der Waals surface area contributed by atoms with Gasteiger partial charge in [-0.05, 0) is 12.8 Å². The lowest BCUT2D eigenvalue weighted by atomic mass is 10.2. The van der Waals surface area contributed by atoms with Crippen molar-refractivity contribution >= 4 is 28.8 Å². The van der Waals surface area contributed by atoms with E-state index in [0.717, 1.165) is 12.8 Å². The van der Waals surface area contributed by atoms with Crippen LogP contribution in [-0.4, -0.2) is 25.3 Å². The second-order valence-electron chi connectivity index (χ2n) is 2.48. The van der Waals surface area contributed by atoms with E-state index < -0.39 is 0 Å². The zero-order valence-electron chi connectivity index (χ0n) is 6.26. The van der Waals surface area contributed by atoms with Crippen LogP contribution in [0, 0.1) is 0 Å². The van der Waals surface area contributed by atoms with Crippen molar-refractivity contribution < 1.29 is 9.53 Å². The molecule has 0 aliphatic carbocycles. The Labute approximate surface area is 79.6 Å². The second kappa shape index (κ2) is 4.22. The molecule has 0 aromatic heterocycles. The van der Waals surface area contributed by atoms with Crippen LogP contribution in [0.3, 0.4) is 0 Å². The zero-order valence-corrected chi connectivity index (χ0v) is 8.42. The molecular formula is C6H11IN2O2. The molecule has 0 spiro atoms. The van der Waals surface area contributed by atoms with Gasteiger partial charge >= 0.3 is 5.97 Å². The SMILES string of the molecule is COC(=O)C1CCC(NI)N1. The first kappa shape index (κ1) is 9.21. The summed E-state index contributed by atoms with van der Waals surface area (Å²) in [5, 5.41) is 3.10. The van der Waals surface area contributed by atoms with Crippen LogP contribution in [0.15, 0.2) is 0 Å². The average molecular weight is 270 g/mol. The molecule has 0 amide bonds. The van der Waals surface area contributed by atoms with Gasteiger partial charge in [-0.2, -0.15) is 0 Å². The van der Waals surface area contributed by atoms with Gasteiger partial charge in [-0.15, -0.1) is 0 Å². The molecular weight excluding hydrogens is 259 g/mol. The molecule has 1 heterocycles. The highest BCUT2D eigenvalue weighted by Crippen LogP contribution is 2.11. The minimum atomic E-state index is -0.167. The highest BCUT2D eigenvalue weighted by atomic mass is 127. The summed E-state index contributed by atoms with van der Waals surface area (Å²) < 4.78 is 7.62. The van der Waals surface area contributed by atoms with Crippen LogP contribution < -0.4 is 8.85 Å². The average Bonchev–Trinajstić information content (AvgIpc) is 2.50. The summed E-state index contributed by atoms with van der Waals surface area (Å²) in [7, 11) is 1.41. The van der Waals surface area contributed by atoms with Gasteiger partial charge in [0.2, 0.25) is 0 Å². The van der Waals surface area contributed by atoms with Crippen molar-refractivity contribution in [3.63, 3.8) is 0 Å². The number of carbonyl (C=O) groups is 1. The van der Waals surface area contributed by atoms with Crippen molar-refractivity contribution in [2.45, 2.75) is 25.0 Å². The third-order valence-electron chi connectivity index (χ3n) is 1.76. The summed E-state index contributed by atoms with van der Waals surface area (Å²) >= 11 is 2.07. The first-order valence-corrected chi connectivity index (χ1v) is 4.56. The number of hydrogen-bond donors (Lipinski definition) is 2. The molecule has 11 heavy (non-hydrogen) atoms. The molecule has 2 unspecified atom stereocenters. The summed E-state index contributed by atoms with van der Waals surface area (Å²) in [6.45, 7) is 0. The van der Waals surface area contributed by atoms with Crippen LogP contribution in [-0.2, 0) is 9.53 Å². The molecule has 1 rings (SSSR count). The predicted octanol–water partition coefficient (Wildman–Crippen LogP) is 0.177. The molecule has 0 radical (unpaired) electrons. The third kappa shape index (κ3) is 2.28. The van der Waals surface area contributed by atoms with E-state index in [1.54, 1.807) is 0 Å². The maximum absolute atomic E-state index is 11.0. The van der Waals surface area contributed by atoms with Crippen molar-refractivity contribution in [1.29, 1.82) is 0 Å². The fourth-order valence-electron chi connectivity index (χ4n) is 1.16. The number of ether oxygens (including phenoxy) is 1. The topological polar surface area (TPSA) is 50.4 Å². The number of rotatable bonds is 2. The molecule has 0 aromatic carbocycles. The fourth-order valence-corrected chi connectivity index (χ4v) is 1.65. The number of nitrogens with one attached hydrogen (secondary N) is 2. The van der Waals surface area contributed by atoms with E-state index in [0.29, 0.717) is 0 Å². The number of esters is 1. The Hall–Kier alpha value is 0.120. The number of hydrogen-bond acceptors (Lipinski definition) is 4. The summed E-state index contributed by atoms with van der Waals surface area (Å²) in [5.41, 5.74) is 0. The maximum Gasteiger partial charge on any atom is 0.322 e. The molecule has 0 saturated carbocycles. The van der Waals surface area contributed by atoms with Gasteiger partial charge in [0.05, 0.1) is 13.3 Å². The summed E-state index contributed by atoms with van der Waals surface area (Å²) in [4.78, 5) is 11.0. The largest absolute Gasteiger partial charge is 0.468 e. The molecule has 0 bridgehead atoms. The first-order chi connectivity index (χ1) is 5.27. The maximum atomic E-state index is 11.0. The van der Waals surface area contributed by atoms with Gasteiger partial charge in [0.15, 0.2) is 0 Å². The lowest BCUT2D eigenvalue weighted by molar-refractivity contribution is -0.142. The first-order valence-electron chi connectivity index (χ1n) is 3.48. The van der Waals surface area contributed by atoms with E-state index in [1.165, 1.54) is 7.11 Å². The van der Waals surface area contributed by atoms with Crippen LogP contribution >= 0.6 is 22.9 Å². The summed E-state index contributed by atoms with van der Waals surface area (Å²) in [6.07, 6.45) is 2.08. The normalized spacial score (nSPS) is 30.4. The monoisotopic (exact) mass is 270 g/mol. The Bertz CT molecular complexity index is 154. The third-order valence-corrected chi connectivity index (χ3v) is 2.52. The number of carbonyl (C=O) groups excluding carboxylic acids is 1. The van der Waals surface area contributed by atoms with E-state index in [4.69, 9.17) is 0 Å². The van der Waals surface area contributed by atoms with E-state index >= 15 is 0 Å². The van der Waals surface area contributed by atoms with Gasteiger partial charge in [0.1, 0.15) is 6.04 Å². The van der Waals surface area contributed by atoms with Crippen molar-refractivity contribution in [1.82, 2.24) is 8.85 Å². The van der Waals surface area contributed by atoms with Crippen molar-refractivity contribution in [3.05, 3.63) is 0 Å². The van der Waals surface area contributed by atoms with Crippen LogP contribution in [0.25, 0.3) is 0 Å². The minimum Gasteiger partial charge on any atom is -0.468 e. The molecule has 4 nitrogen and oxygen atoms in total. The standard InChI is InChI=1S/C6H11IN2O2/c1-11-6(10)4-2-3-5(8-4)9-7/h4-5,8-9H,2-3H2,1H3. The van der Waals surface area contributed by atoms with E-state index in [1.807, 2.05) is 0 Å². The Morgan fingerprint density at radius 2 is 2.45 bits per heavy atom. The molecule has 0 aromatic rings. The molecule has 1 aliphatic rings. The van der Waals surface area contributed by atoms with E-state index in [2.05, 4.69) is 36.4 Å². The van der Waals surface area contributed by atoms with Gasteiger partial charge in [0, 0.05) is 22.9 Å². The van der Waals surface area contributed by atoms with Crippen LogP contribution in [0.4, 0.5) is 0 Å². The highest BCUT2D eigenvalue weighted by Gasteiger charge is 2.28. The molecule has 1 fully saturated rings. The molecule has 2 N–H and O–H groups in total. The Morgan fingerprint density at radius 1 is 1.73 bits per heavy atom. The van der Waals surface area contributed by atoms with Crippen molar-refractivity contribution in [2.24, 2.45) is 0 Å². The van der Waals surface area contributed by atoms with Gasteiger partial charge in [-0.25, -0.2) is 3.53 Å². The smallest absolute Gasteiger partial charge is 0.322 e. The fraction of sp³-hybridized carbons (Fsp3) is 0.833. The van der Waals surface area contributed by atoms with Gasteiger partial charge in [-0.1, -0.05) is 0 Å². The lowest BCUT2D eigenvalue weighted by Crippen LogP contribution is -2.40. The van der Waals surface area contributed by atoms with Crippen molar-refractivity contribution in [3.8, 4) is 0 Å². The van der Waals surface area contributed by atoms with Gasteiger partial charge < -0.3 is 4.74 Å². The molecule has 1 aliphatic heterocycles. The molecule has 2 atom stereocenters. The lowest BCUT2D eigenvalue weighted by Gasteiger charge is -2.09. The van der Waals surface area contributed by atoms with Crippen LogP contribution in [0.5, 0.6) is 0 Å². The Balaban J connectivity index is 2.35. The highest BCUT2D eigenvalue weighted by molar-refractivity contribution is 14.1. The van der Waals surface area contributed by atoms with Gasteiger partial charge in [-0.3, -0.25) is 10.1 Å². The van der Waals surface area contributed by atoms with Gasteiger partial charge in [0.25, 0.3) is 0 Å². The zero-order chi connectivity index (χ0) is 8.27. The molecule has 64 valence electrons. The Kier molecular flexibility index (Phi) is 3.53. The van der Waals surface area contributed by atoms with Crippen molar-refractivity contribution in [2.75, 3.05) is 7.11 Å². The Morgan fingerprint density at radius 3 is 2.91 bits per heavy atom. The quantitative estimate of drug-likeness (QED) is 0.427. The molecule has 1 saturated heterocycles. The van der Waals surface area contributed by atoms with E-state index in [-0.39, 0.29) is 18.2 Å². The molecule has 5 heteroatoms. The van der Waals surface area contributed by atoms with Crippen LogP contribution in [0.1, 0.15) is 12.8 Å². The van der Waals surface area contributed by atoms with E-state index in [9.17, 15) is 4.79 Å². The summed E-state index contributed by atoms with van der Waals surface area (Å²) in [5.74, 6) is -0.167. The number of methoxy groups -OCH3 is 1. The summed E-state index contributed by atoms with van der Waals surface area (Å²) in [6, 6.07) is -0.118. The minimum absolute atomic E-state index is 0.118. The van der Waals surface area contributed by atoms with Crippen LogP contribution in [0.2, 0.25) is 0 Å².